The summed E-state index contributed by atoms with van der Waals surface area (Å²) in [5.74, 6) is 0.193. The van der Waals surface area contributed by atoms with Crippen LogP contribution in [0.5, 0.6) is 5.75 Å². The number of sulfonamides is 1. The van der Waals surface area contributed by atoms with Crippen molar-refractivity contribution in [2.75, 3.05) is 30.8 Å². The Morgan fingerprint density at radius 2 is 1.74 bits per heavy atom. The van der Waals surface area contributed by atoms with E-state index < -0.39 is 16.1 Å². The maximum atomic E-state index is 13.2. The highest BCUT2D eigenvalue weighted by Gasteiger charge is 2.26. The molecule has 0 fully saturated rings. The van der Waals surface area contributed by atoms with Crippen LogP contribution in [0.1, 0.15) is 37.8 Å². The van der Waals surface area contributed by atoms with Gasteiger partial charge in [0.15, 0.2) is 0 Å². The zero-order valence-corrected chi connectivity index (χ0v) is 21.4. The number of rotatable bonds is 12. The highest BCUT2D eigenvalue weighted by Crippen LogP contribution is 2.23. The standard InChI is InChI=1S/C25H35N3O5S/c1-6-33-23-15-13-22(14-16-23)28(34(5,31)32)17-9-12-24(29)27(20(3)25(30)26-4)18-21-11-8-7-10-19(21)2/h7-8,10-11,13-16,20H,6,9,12,17-18H2,1-5H3,(H,26,30)/t20-/m0/s1. The number of aryl methyl sites for hydroxylation is 1. The van der Waals surface area contributed by atoms with Gasteiger partial charge in [0.05, 0.1) is 18.6 Å². The second-order valence-corrected chi connectivity index (χ2v) is 10.0. The maximum absolute atomic E-state index is 13.2. The van der Waals surface area contributed by atoms with E-state index in [1.54, 1.807) is 36.1 Å². The molecule has 8 nitrogen and oxygen atoms in total. The highest BCUT2D eigenvalue weighted by atomic mass is 32.2. The summed E-state index contributed by atoms with van der Waals surface area (Å²) in [7, 11) is -2.01. The summed E-state index contributed by atoms with van der Waals surface area (Å²) in [4.78, 5) is 27.0. The second kappa shape index (κ2) is 12.4. The van der Waals surface area contributed by atoms with Crippen molar-refractivity contribution in [3.05, 3.63) is 59.7 Å². The van der Waals surface area contributed by atoms with Gasteiger partial charge in [0.2, 0.25) is 21.8 Å². The Labute approximate surface area is 202 Å². The molecule has 0 unspecified atom stereocenters. The fraction of sp³-hybridized carbons (Fsp3) is 0.440. The summed E-state index contributed by atoms with van der Waals surface area (Å²) in [5.41, 5.74) is 2.50. The smallest absolute Gasteiger partial charge is 0.242 e. The highest BCUT2D eigenvalue weighted by molar-refractivity contribution is 7.92. The van der Waals surface area contributed by atoms with Gasteiger partial charge < -0.3 is 15.0 Å². The second-order valence-electron chi connectivity index (χ2n) is 8.10. The molecule has 9 heteroatoms. The number of likely N-dealkylation sites (N-methyl/N-ethyl adjacent to an activating group) is 1. The van der Waals surface area contributed by atoms with Crippen molar-refractivity contribution in [1.82, 2.24) is 10.2 Å². The third kappa shape index (κ3) is 7.48. The van der Waals surface area contributed by atoms with Crippen molar-refractivity contribution in [3.8, 4) is 5.75 Å². The fourth-order valence-corrected chi connectivity index (χ4v) is 4.61. The number of nitrogens with zero attached hydrogens (tertiary/aromatic N) is 2. The van der Waals surface area contributed by atoms with E-state index in [2.05, 4.69) is 5.32 Å². The van der Waals surface area contributed by atoms with Gasteiger partial charge in [-0.2, -0.15) is 0 Å². The zero-order valence-electron chi connectivity index (χ0n) is 20.6. The maximum Gasteiger partial charge on any atom is 0.242 e. The SMILES string of the molecule is CCOc1ccc(N(CCCC(=O)N(Cc2ccccc2C)[C@@H](C)C(=O)NC)S(C)(=O)=O)cc1. The molecule has 0 saturated heterocycles. The molecule has 0 radical (unpaired) electrons. The number of amides is 2. The third-order valence-electron chi connectivity index (χ3n) is 5.60. The molecule has 0 aliphatic rings. The molecule has 2 amide bonds. The van der Waals surface area contributed by atoms with Crippen LogP contribution in [0, 0.1) is 6.92 Å². The van der Waals surface area contributed by atoms with E-state index >= 15 is 0 Å². The molecular formula is C25H35N3O5S. The van der Waals surface area contributed by atoms with E-state index in [-0.39, 0.29) is 24.8 Å². The molecule has 0 aromatic heterocycles. The zero-order chi connectivity index (χ0) is 25.3. The summed E-state index contributed by atoms with van der Waals surface area (Å²) < 4.78 is 31.5. The summed E-state index contributed by atoms with van der Waals surface area (Å²) >= 11 is 0. The molecule has 186 valence electrons. The van der Waals surface area contributed by atoms with E-state index in [1.807, 2.05) is 38.1 Å². The first kappa shape index (κ1) is 27.2. The van der Waals surface area contributed by atoms with E-state index in [4.69, 9.17) is 4.74 Å². The Bertz CT molecular complexity index is 1070. The lowest BCUT2D eigenvalue weighted by Crippen LogP contribution is -2.47. The summed E-state index contributed by atoms with van der Waals surface area (Å²) in [6, 6.07) is 13.9. The van der Waals surface area contributed by atoms with E-state index in [9.17, 15) is 18.0 Å². The number of hydrogen-bond donors (Lipinski definition) is 1. The van der Waals surface area contributed by atoms with Crippen molar-refractivity contribution >= 4 is 27.5 Å². The van der Waals surface area contributed by atoms with Crippen molar-refractivity contribution in [2.45, 2.75) is 46.2 Å². The first-order chi connectivity index (χ1) is 16.1. The minimum absolute atomic E-state index is 0.107. The van der Waals surface area contributed by atoms with Crippen LogP contribution in [0.4, 0.5) is 5.69 Å². The molecule has 0 saturated carbocycles. The van der Waals surface area contributed by atoms with Crippen LogP contribution in [0.25, 0.3) is 0 Å². The first-order valence-electron chi connectivity index (χ1n) is 11.3. The Hall–Kier alpha value is -3.07. The molecule has 0 bridgehead atoms. The van der Waals surface area contributed by atoms with E-state index in [0.717, 1.165) is 17.4 Å². The predicted octanol–water partition coefficient (Wildman–Crippen LogP) is 3.10. The molecule has 0 aliphatic carbocycles. The Kier molecular flexibility index (Phi) is 9.92. The van der Waals surface area contributed by atoms with Crippen LogP contribution in [-0.2, 0) is 26.2 Å². The largest absolute Gasteiger partial charge is 0.494 e. The van der Waals surface area contributed by atoms with Crippen LogP contribution in [0.2, 0.25) is 0 Å². The van der Waals surface area contributed by atoms with Crippen molar-refractivity contribution in [1.29, 1.82) is 0 Å². The average molecular weight is 490 g/mol. The average Bonchev–Trinajstić information content (AvgIpc) is 2.80. The lowest BCUT2D eigenvalue weighted by atomic mass is 10.1. The Morgan fingerprint density at radius 1 is 1.09 bits per heavy atom. The summed E-state index contributed by atoms with van der Waals surface area (Å²) in [6.45, 7) is 6.49. The molecule has 34 heavy (non-hydrogen) atoms. The van der Waals surface area contributed by atoms with Gasteiger partial charge >= 0.3 is 0 Å². The van der Waals surface area contributed by atoms with Crippen LogP contribution < -0.4 is 14.4 Å². The van der Waals surface area contributed by atoms with Crippen LogP contribution >= 0.6 is 0 Å². The number of carbonyl (C=O) groups excluding carboxylic acids is 2. The minimum atomic E-state index is -3.55. The molecular weight excluding hydrogens is 454 g/mol. The van der Waals surface area contributed by atoms with Gasteiger partial charge in [-0.25, -0.2) is 8.42 Å². The van der Waals surface area contributed by atoms with E-state index in [0.29, 0.717) is 31.0 Å². The lowest BCUT2D eigenvalue weighted by Gasteiger charge is -2.29. The van der Waals surface area contributed by atoms with Gasteiger partial charge in [0, 0.05) is 26.6 Å². The fourth-order valence-electron chi connectivity index (χ4n) is 3.64. The Morgan fingerprint density at radius 3 is 2.29 bits per heavy atom. The lowest BCUT2D eigenvalue weighted by molar-refractivity contribution is -0.140. The molecule has 2 rings (SSSR count). The Balaban J connectivity index is 2.14. The summed E-state index contributed by atoms with van der Waals surface area (Å²) in [6.07, 6.45) is 1.56. The number of nitrogens with one attached hydrogen (secondary N) is 1. The number of anilines is 1. The van der Waals surface area contributed by atoms with Crippen molar-refractivity contribution in [3.63, 3.8) is 0 Å². The molecule has 0 aliphatic heterocycles. The topological polar surface area (TPSA) is 96.0 Å². The monoisotopic (exact) mass is 489 g/mol. The van der Waals surface area contributed by atoms with Crippen LogP contribution in [0.15, 0.2) is 48.5 Å². The molecule has 1 N–H and O–H groups in total. The van der Waals surface area contributed by atoms with Crippen LogP contribution in [-0.4, -0.2) is 57.6 Å². The van der Waals surface area contributed by atoms with Gasteiger partial charge in [-0.3, -0.25) is 13.9 Å². The molecule has 1 atom stereocenters. The third-order valence-corrected chi connectivity index (χ3v) is 6.80. The molecule has 0 heterocycles. The molecule has 2 aromatic rings. The van der Waals surface area contributed by atoms with Gasteiger partial charge in [-0.05, 0) is 62.6 Å². The minimum Gasteiger partial charge on any atom is -0.494 e. The number of carbonyl (C=O) groups is 2. The van der Waals surface area contributed by atoms with Gasteiger partial charge in [-0.1, -0.05) is 24.3 Å². The molecule has 0 spiro atoms. The quantitative estimate of drug-likeness (QED) is 0.494. The van der Waals surface area contributed by atoms with Gasteiger partial charge in [0.1, 0.15) is 11.8 Å². The van der Waals surface area contributed by atoms with Gasteiger partial charge in [-0.15, -0.1) is 0 Å². The van der Waals surface area contributed by atoms with Crippen molar-refractivity contribution < 1.29 is 22.7 Å². The molecule has 2 aromatic carbocycles. The predicted molar refractivity (Wildman–Crippen MR) is 134 cm³/mol. The van der Waals surface area contributed by atoms with Crippen LogP contribution in [0.3, 0.4) is 0 Å². The first-order valence-corrected chi connectivity index (χ1v) is 13.2. The normalized spacial score (nSPS) is 12.0. The van der Waals surface area contributed by atoms with Gasteiger partial charge in [0.25, 0.3) is 0 Å². The van der Waals surface area contributed by atoms with Crippen molar-refractivity contribution in [2.24, 2.45) is 0 Å². The number of hydrogen-bond acceptors (Lipinski definition) is 5. The number of benzene rings is 2. The van der Waals surface area contributed by atoms with E-state index in [1.165, 1.54) is 11.4 Å². The number of ether oxygens (including phenoxy) is 1. The summed E-state index contributed by atoms with van der Waals surface area (Å²) in [5, 5.41) is 2.60.